The number of phenols is 1. The number of amides is 1. The Morgan fingerprint density at radius 2 is 2.26 bits per heavy atom. The Balaban J connectivity index is 2.02. The maximum atomic E-state index is 12.1. The number of methoxy groups -OCH3 is 1. The number of carbonyl (C=O) groups excluding carboxylic acids is 1. The molecule has 5 nitrogen and oxygen atoms in total. The van der Waals surface area contributed by atoms with Crippen LogP contribution >= 0.6 is 0 Å². The zero-order chi connectivity index (χ0) is 13.7. The van der Waals surface area contributed by atoms with E-state index in [0.717, 1.165) is 32.4 Å². The van der Waals surface area contributed by atoms with E-state index in [1.54, 1.807) is 12.1 Å². The van der Waals surface area contributed by atoms with Crippen molar-refractivity contribution in [2.45, 2.75) is 25.3 Å². The molecule has 0 radical (unpaired) electrons. The highest BCUT2D eigenvalue weighted by Gasteiger charge is 2.17. The van der Waals surface area contributed by atoms with Crippen LogP contribution in [0.3, 0.4) is 0 Å². The van der Waals surface area contributed by atoms with E-state index < -0.39 is 0 Å². The molecule has 19 heavy (non-hydrogen) atoms. The van der Waals surface area contributed by atoms with Crippen molar-refractivity contribution in [2.24, 2.45) is 0 Å². The van der Waals surface area contributed by atoms with E-state index >= 15 is 0 Å². The number of ether oxygens (including phenoxy) is 1. The highest BCUT2D eigenvalue weighted by molar-refractivity contribution is 5.97. The lowest BCUT2D eigenvalue weighted by atomic mass is 10.1. The Kier molecular flexibility index (Phi) is 4.63. The van der Waals surface area contributed by atoms with E-state index in [1.807, 2.05) is 0 Å². The first kappa shape index (κ1) is 13.7. The first-order valence-electron chi connectivity index (χ1n) is 6.59. The van der Waals surface area contributed by atoms with E-state index in [-0.39, 0.29) is 23.3 Å². The molecule has 0 saturated carbocycles. The summed E-state index contributed by atoms with van der Waals surface area (Å²) in [5.74, 6) is 0.253. The zero-order valence-electron chi connectivity index (χ0n) is 11.1. The van der Waals surface area contributed by atoms with Crippen molar-refractivity contribution in [1.29, 1.82) is 0 Å². The van der Waals surface area contributed by atoms with Crippen LogP contribution in [0.5, 0.6) is 11.5 Å². The van der Waals surface area contributed by atoms with Gasteiger partial charge in [-0.15, -0.1) is 0 Å². The lowest BCUT2D eigenvalue weighted by molar-refractivity contribution is 0.0931. The van der Waals surface area contributed by atoms with Crippen molar-refractivity contribution < 1.29 is 14.6 Å². The van der Waals surface area contributed by atoms with Crippen molar-refractivity contribution >= 4 is 5.91 Å². The molecule has 0 bridgehead atoms. The Morgan fingerprint density at radius 1 is 1.42 bits per heavy atom. The molecular formula is C14H20N2O3. The van der Waals surface area contributed by atoms with Crippen LogP contribution in [0.25, 0.3) is 0 Å². The summed E-state index contributed by atoms with van der Waals surface area (Å²) in [5, 5.41) is 16.1. The number of rotatable bonds is 3. The molecule has 1 unspecified atom stereocenters. The number of aromatic hydroxyl groups is 1. The standard InChI is InChI=1S/C14H20N2O3/c1-19-11-4-5-12(13(17)9-11)14(18)16-10-3-2-7-15-8-6-10/h4-5,9-10,15,17H,2-3,6-8H2,1H3,(H,16,18). The van der Waals surface area contributed by atoms with Gasteiger partial charge in [-0.05, 0) is 44.5 Å². The second-order valence-corrected chi connectivity index (χ2v) is 4.73. The van der Waals surface area contributed by atoms with Crippen LogP contribution in [0.1, 0.15) is 29.6 Å². The smallest absolute Gasteiger partial charge is 0.255 e. The summed E-state index contributed by atoms with van der Waals surface area (Å²) in [6.07, 6.45) is 2.94. The van der Waals surface area contributed by atoms with Gasteiger partial charge in [0.15, 0.2) is 0 Å². The fourth-order valence-corrected chi connectivity index (χ4v) is 2.26. The third kappa shape index (κ3) is 3.61. The maximum absolute atomic E-state index is 12.1. The van der Waals surface area contributed by atoms with Gasteiger partial charge in [0.25, 0.3) is 5.91 Å². The first-order valence-corrected chi connectivity index (χ1v) is 6.59. The molecule has 1 saturated heterocycles. The molecule has 5 heteroatoms. The van der Waals surface area contributed by atoms with Crippen LogP contribution in [0, 0.1) is 0 Å². The summed E-state index contributed by atoms with van der Waals surface area (Å²) in [6.45, 7) is 1.92. The summed E-state index contributed by atoms with van der Waals surface area (Å²) < 4.78 is 5.00. The minimum atomic E-state index is -0.230. The van der Waals surface area contributed by atoms with E-state index in [9.17, 15) is 9.90 Å². The van der Waals surface area contributed by atoms with Crippen LogP contribution < -0.4 is 15.4 Å². The number of nitrogens with one attached hydrogen (secondary N) is 2. The number of hydrogen-bond donors (Lipinski definition) is 3. The monoisotopic (exact) mass is 264 g/mol. The van der Waals surface area contributed by atoms with Gasteiger partial charge in [-0.2, -0.15) is 0 Å². The molecule has 0 aliphatic carbocycles. The molecule has 2 rings (SSSR count). The molecule has 3 N–H and O–H groups in total. The lowest BCUT2D eigenvalue weighted by Gasteiger charge is -2.16. The van der Waals surface area contributed by atoms with Crippen molar-refractivity contribution in [3.63, 3.8) is 0 Å². The fourth-order valence-electron chi connectivity index (χ4n) is 2.26. The Bertz CT molecular complexity index is 440. The van der Waals surface area contributed by atoms with Gasteiger partial charge >= 0.3 is 0 Å². The molecule has 1 aromatic rings. The first-order chi connectivity index (χ1) is 9.20. The van der Waals surface area contributed by atoms with E-state index in [0.29, 0.717) is 5.75 Å². The summed E-state index contributed by atoms with van der Waals surface area (Å²) in [7, 11) is 1.52. The van der Waals surface area contributed by atoms with Gasteiger partial charge in [0, 0.05) is 12.1 Å². The van der Waals surface area contributed by atoms with Gasteiger partial charge in [-0.25, -0.2) is 0 Å². The molecule has 1 aromatic carbocycles. The van der Waals surface area contributed by atoms with Crippen molar-refractivity contribution in [3.05, 3.63) is 23.8 Å². The SMILES string of the molecule is COc1ccc(C(=O)NC2CCCNCC2)c(O)c1. The Hall–Kier alpha value is -1.75. The summed E-state index contributed by atoms with van der Waals surface area (Å²) in [4.78, 5) is 12.1. The average molecular weight is 264 g/mol. The number of benzene rings is 1. The van der Waals surface area contributed by atoms with Crippen molar-refractivity contribution in [3.8, 4) is 11.5 Å². The van der Waals surface area contributed by atoms with Crippen LogP contribution in [0.4, 0.5) is 0 Å². The molecule has 104 valence electrons. The average Bonchev–Trinajstić information content (AvgIpc) is 2.67. The zero-order valence-corrected chi connectivity index (χ0v) is 11.1. The van der Waals surface area contributed by atoms with Gasteiger partial charge in [-0.1, -0.05) is 0 Å². The van der Waals surface area contributed by atoms with Crippen LogP contribution in [0.2, 0.25) is 0 Å². The second-order valence-electron chi connectivity index (χ2n) is 4.73. The van der Waals surface area contributed by atoms with Crippen LogP contribution in [-0.2, 0) is 0 Å². The summed E-state index contributed by atoms with van der Waals surface area (Å²) >= 11 is 0. The quantitative estimate of drug-likeness (QED) is 0.769. The van der Waals surface area contributed by atoms with Crippen molar-refractivity contribution in [2.75, 3.05) is 20.2 Å². The van der Waals surface area contributed by atoms with Crippen LogP contribution in [-0.4, -0.2) is 37.3 Å². The molecule has 1 aliphatic rings. The molecule has 0 aromatic heterocycles. The molecule has 0 spiro atoms. The fraction of sp³-hybridized carbons (Fsp3) is 0.500. The number of hydrogen-bond acceptors (Lipinski definition) is 4. The normalized spacial score (nSPS) is 19.5. The van der Waals surface area contributed by atoms with Gasteiger partial charge < -0.3 is 20.5 Å². The Morgan fingerprint density at radius 3 is 3.00 bits per heavy atom. The molecule has 1 fully saturated rings. The van der Waals surface area contributed by atoms with E-state index in [4.69, 9.17) is 4.74 Å². The minimum Gasteiger partial charge on any atom is -0.507 e. The molecule has 1 aliphatic heterocycles. The van der Waals surface area contributed by atoms with Gasteiger partial charge in [-0.3, -0.25) is 4.79 Å². The van der Waals surface area contributed by atoms with Gasteiger partial charge in [0.2, 0.25) is 0 Å². The molecule has 1 atom stereocenters. The molecule has 1 heterocycles. The third-order valence-corrected chi connectivity index (χ3v) is 3.36. The Labute approximate surface area is 113 Å². The predicted octanol–water partition coefficient (Wildman–Crippen LogP) is 1.27. The second kappa shape index (κ2) is 6.43. The highest BCUT2D eigenvalue weighted by Crippen LogP contribution is 2.23. The van der Waals surface area contributed by atoms with Crippen molar-refractivity contribution in [1.82, 2.24) is 10.6 Å². The summed E-state index contributed by atoms with van der Waals surface area (Å²) in [5.41, 5.74) is 0.290. The molecule has 1 amide bonds. The van der Waals surface area contributed by atoms with E-state index in [1.165, 1.54) is 13.2 Å². The predicted molar refractivity (Wildman–Crippen MR) is 72.6 cm³/mol. The molecular weight excluding hydrogens is 244 g/mol. The summed E-state index contributed by atoms with van der Waals surface area (Å²) in [6, 6.07) is 4.87. The van der Waals surface area contributed by atoms with E-state index in [2.05, 4.69) is 10.6 Å². The minimum absolute atomic E-state index is 0.0522. The number of carbonyl (C=O) groups is 1. The van der Waals surface area contributed by atoms with Gasteiger partial charge in [0.1, 0.15) is 11.5 Å². The highest BCUT2D eigenvalue weighted by atomic mass is 16.5. The maximum Gasteiger partial charge on any atom is 0.255 e. The largest absolute Gasteiger partial charge is 0.507 e. The third-order valence-electron chi connectivity index (χ3n) is 3.36. The topological polar surface area (TPSA) is 70.6 Å². The number of phenolic OH excluding ortho intramolecular Hbond substituents is 1. The lowest BCUT2D eigenvalue weighted by Crippen LogP contribution is -2.35. The van der Waals surface area contributed by atoms with Crippen LogP contribution in [0.15, 0.2) is 18.2 Å². The van der Waals surface area contributed by atoms with Gasteiger partial charge in [0.05, 0.1) is 12.7 Å².